The van der Waals surface area contributed by atoms with Crippen LogP contribution in [0, 0.1) is 12.0 Å². The van der Waals surface area contributed by atoms with Gasteiger partial charge in [-0.2, -0.15) is 26.8 Å². The topological polar surface area (TPSA) is 0 Å². The van der Waals surface area contributed by atoms with Gasteiger partial charge in [-0.25, -0.2) is 12.2 Å². The Hall–Kier alpha value is 0.393. The van der Waals surface area contributed by atoms with E-state index in [1.807, 2.05) is 12.2 Å². The summed E-state index contributed by atoms with van der Waals surface area (Å²) in [6.45, 7) is 9.60. The van der Waals surface area contributed by atoms with E-state index in [4.69, 9.17) is 11.6 Å². The van der Waals surface area contributed by atoms with Gasteiger partial charge in [0, 0.05) is 5.88 Å². The van der Waals surface area contributed by atoms with Gasteiger partial charge in [0.05, 0.1) is 0 Å². The first-order valence-corrected chi connectivity index (χ1v) is 4.84. The van der Waals surface area contributed by atoms with Crippen molar-refractivity contribution in [3.8, 4) is 0 Å². The molecule has 1 aliphatic carbocycles. The summed E-state index contributed by atoms with van der Waals surface area (Å²) in [5.41, 5.74) is 0. The van der Waals surface area contributed by atoms with Gasteiger partial charge >= 0.3 is 26.2 Å². The van der Waals surface area contributed by atoms with Crippen LogP contribution in [0.15, 0.2) is 30.9 Å². The predicted octanol–water partition coefficient (Wildman–Crippen LogP) is 4.33. The summed E-state index contributed by atoms with van der Waals surface area (Å²) < 4.78 is 0. The number of hydrogen-bond donors (Lipinski definition) is 0. The molecule has 0 heterocycles. The first kappa shape index (κ1) is 19.9. The summed E-state index contributed by atoms with van der Waals surface area (Å²) in [5.74, 6) is 1.97. The van der Waals surface area contributed by atoms with Crippen molar-refractivity contribution in [3.63, 3.8) is 0 Å². The standard InChI is InChI=1S/C5H5.C4H9.C3H5Cl.Zr/c1-2-4-5-3-1;1-4(2)3;1-2-3-4;/h1-3H,4H2;1-3H3;2H,1,3H2;/q2*-1;;+2. The van der Waals surface area contributed by atoms with E-state index in [9.17, 15) is 0 Å². The average molecular weight is 290 g/mol. The zero-order valence-corrected chi connectivity index (χ0v) is 12.5. The van der Waals surface area contributed by atoms with Gasteiger partial charge in [-0.05, 0) is 0 Å². The Bertz CT molecular complexity index is 136. The van der Waals surface area contributed by atoms with Gasteiger partial charge in [-0.3, -0.25) is 6.08 Å². The van der Waals surface area contributed by atoms with Crippen molar-refractivity contribution in [2.24, 2.45) is 0 Å². The normalized spacial score (nSPS) is 10.6. The SMILES string of the molecule is C=CCCl.C[C-](C)C.[C-]1=CC=CC1.[Zr+2]. The van der Waals surface area contributed by atoms with Crippen LogP contribution in [0.4, 0.5) is 0 Å². The van der Waals surface area contributed by atoms with Crippen molar-refractivity contribution in [2.45, 2.75) is 27.2 Å². The number of rotatable bonds is 1. The Balaban J connectivity index is -0.000000127. The fraction of sp³-hybridized carbons (Fsp3) is 0.417. The molecular formula is C12H19ClZr. The van der Waals surface area contributed by atoms with E-state index in [2.05, 4.69) is 39.5 Å². The minimum absolute atomic E-state index is 0. The number of hydrogen-bond acceptors (Lipinski definition) is 0. The van der Waals surface area contributed by atoms with Crippen LogP contribution in [0.3, 0.4) is 0 Å². The maximum absolute atomic E-state index is 5.07. The molecule has 0 saturated heterocycles. The number of halogens is 1. The molecule has 0 bridgehead atoms. The van der Waals surface area contributed by atoms with E-state index in [0.717, 1.165) is 6.42 Å². The van der Waals surface area contributed by atoms with Crippen LogP contribution in [-0.2, 0) is 26.2 Å². The Morgan fingerprint density at radius 3 is 2.00 bits per heavy atom. The van der Waals surface area contributed by atoms with E-state index < -0.39 is 0 Å². The fourth-order valence-corrected chi connectivity index (χ4v) is 0.340. The van der Waals surface area contributed by atoms with Crippen LogP contribution in [-0.4, -0.2) is 5.88 Å². The molecule has 0 saturated carbocycles. The van der Waals surface area contributed by atoms with Crippen LogP contribution in [0.2, 0.25) is 0 Å². The van der Waals surface area contributed by atoms with Gasteiger partial charge in [0.2, 0.25) is 0 Å². The molecule has 0 atom stereocenters. The molecule has 0 aromatic rings. The predicted molar refractivity (Wildman–Crippen MR) is 62.8 cm³/mol. The third-order valence-electron chi connectivity index (χ3n) is 0.695. The summed E-state index contributed by atoms with van der Waals surface area (Å²) in [6, 6.07) is 0. The number of alkyl halides is 1. The molecule has 0 radical (unpaired) electrons. The summed E-state index contributed by atoms with van der Waals surface area (Å²) in [7, 11) is 0. The second kappa shape index (κ2) is 19.0. The zero-order valence-electron chi connectivity index (χ0n) is 9.31. The van der Waals surface area contributed by atoms with Crippen LogP contribution in [0.1, 0.15) is 27.2 Å². The molecule has 0 nitrogen and oxygen atoms in total. The number of allylic oxidation sites excluding steroid dienone is 5. The smallest absolute Gasteiger partial charge is 0.323 e. The summed E-state index contributed by atoms with van der Waals surface area (Å²) in [4.78, 5) is 0. The molecule has 2 heteroatoms. The Labute approximate surface area is 113 Å². The van der Waals surface area contributed by atoms with Gasteiger partial charge in [0.25, 0.3) is 0 Å². The first-order valence-electron chi connectivity index (χ1n) is 4.30. The molecule has 1 aliphatic rings. The largest absolute Gasteiger partial charge is 2.00 e. The van der Waals surface area contributed by atoms with Crippen LogP contribution < -0.4 is 0 Å². The maximum Gasteiger partial charge on any atom is 2.00 e. The van der Waals surface area contributed by atoms with Crippen molar-refractivity contribution >= 4 is 11.6 Å². The van der Waals surface area contributed by atoms with Crippen molar-refractivity contribution in [1.82, 2.24) is 0 Å². The molecule has 0 aromatic heterocycles. The van der Waals surface area contributed by atoms with E-state index >= 15 is 0 Å². The van der Waals surface area contributed by atoms with E-state index in [1.54, 1.807) is 6.08 Å². The van der Waals surface area contributed by atoms with Gasteiger partial charge < -0.3 is 5.92 Å². The molecule has 0 fully saturated rings. The Morgan fingerprint density at radius 2 is 1.93 bits per heavy atom. The quantitative estimate of drug-likeness (QED) is 0.383. The first-order chi connectivity index (χ1) is 6.15. The molecule has 0 aliphatic heterocycles. The minimum Gasteiger partial charge on any atom is -0.323 e. The molecule has 78 valence electrons. The monoisotopic (exact) mass is 288 g/mol. The van der Waals surface area contributed by atoms with E-state index in [-0.39, 0.29) is 26.2 Å². The third-order valence-corrected chi connectivity index (χ3v) is 0.913. The van der Waals surface area contributed by atoms with Gasteiger partial charge in [-0.1, -0.05) is 6.08 Å². The van der Waals surface area contributed by atoms with Gasteiger partial charge in [-0.15, -0.1) is 24.6 Å². The van der Waals surface area contributed by atoms with Crippen molar-refractivity contribution in [3.05, 3.63) is 42.9 Å². The summed E-state index contributed by atoms with van der Waals surface area (Å²) >= 11 is 5.07. The average Bonchev–Trinajstić information content (AvgIpc) is 2.59. The van der Waals surface area contributed by atoms with E-state index in [0.29, 0.717) is 5.88 Å². The summed E-state index contributed by atoms with van der Waals surface area (Å²) in [6.07, 6.45) is 11.6. The minimum atomic E-state index is 0. The molecule has 1 rings (SSSR count). The fourth-order valence-electron chi connectivity index (χ4n) is 0.340. The van der Waals surface area contributed by atoms with Crippen molar-refractivity contribution < 1.29 is 26.2 Å². The van der Waals surface area contributed by atoms with Crippen molar-refractivity contribution in [1.29, 1.82) is 0 Å². The maximum atomic E-state index is 5.07. The zero-order chi connectivity index (χ0) is 10.5. The molecule has 0 amide bonds. The molecule has 0 spiro atoms. The van der Waals surface area contributed by atoms with Crippen LogP contribution in [0.25, 0.3) is 0 Å². The Morgan fingerprint density at radius 1 is 1.50 bits per heavy atom. The summed E-state index contributed by atoms with van der Waals surface area (Å²) in [5, 5.41) is 0. The van der Waals surface area contributed by atoms with Crippen LogP contribution >= 0.6 is 11.6 Å². The second-order valence-electron chi connectivity index (χ2n) is 2.95. The van der Waals surface area contributed by atoms with Gasteiger partial charge in [0.1, 0.15) is 0 Å². The third kappa shape index (κ3) is 39.4. The van der Waals surface area contributed by atoms with Crippen molar-refractivity contribution in [2.75, 3.05) is 5.88 Å². The molecule has 14 heavy (non-hydrogen) atoms. The van der Waals surface area contributed by atoms with Gasteiger partial charge in [0.15, 0.2) is 0 Å². The molecule has 0 unspecified atom stereocenters. The molecule has 0 N–H and O–H groups in total. The molecular weight excluding hydrogens is 271 g/mol. The Kier molecular flexibility index (Phi) is 27.1. The van der Waals surface area contributed by atoms with Crippen LogP contribution in [0.5, 0.6) is 0 Å². The van der Waals surface area contributed by atoms with E-state index in [1.165, 1.54) is 5.92 Å². The second-order valence-corrected chi connectivity index (χ2v) is 3.25. The molecule has 0 aromatic carbocycles.